The molecule has 0 spiro atoms. The molecule has 2 N–H and O–H groups in total. The second-order valence-electron chi connectivity index (χ2n) is 6.42. The molecule has 2 heterocycles. The first-order chi connectivity index (χ1) is 11.8. The highest BCUT2D eigenvalue weighted by molar-refractivity contribution is 7.91. The summed E-state index contributed by atoms with van der Waals surface area (Å²) in [6, 6.07) is 2.54. The molecule has 0 aliphatic carbocycles. The van der Waals surface area contributed by atoms with Crippen LogP contribution in [0.1, 0.15) is 33.7 Å². The Kier molecular flexibility index (Phi) is 6.49. The summed E-state index contributed by atoms with van der Waals surface area (Å²) >= 11 is 0. The Morgan fingerprint density at radius 2 is 2.08 bits per heavy atom. The molecular formula is C16H24N4O4S. The molecule has 1 atom stereocenters. The van der Waals surface area contributed by atoms with Crippen molar-refractivity contribution < 1.29 is 18.0 Å². The Bertz CT molecular complexity index is 733. The number of pyridine rings is 1. The van der Waals surface area contributed by atoms with Gasteiger partial charge >= 0.3 is 0 Å². The van der Waals surface area contributed by atoms with E-state index in [9.17, 15) is 18.0 Å². The molecule has 2 amide bonds. The molecule has 1 aliphatic rings. The van der Waals surface area contributed by atoms with Crippen molar-refractivity contribution >= 4 is 21.7 Å². The molecule has 1 aromatic rings. The SMILES string of the molecule is CN(C)CCCNC(=O)c1cc(C(=O)NC2CCS(=O)(=O)C2)ccn1. The van der Waals surface area contributed by atoms with Crippen LogP contribution in [0.4, 0.5) is 0 Å². The lowest BCUT2D eigenvalue weighted by Crippen LogP contribution is -2.35. The van der Waals surface area contributed by atoms with Crippen molar-refractivity contribution in [2.45, 2.75) is 18.9 Å². The highest BCUT2D eigenvalue weighted by Gasteiger charge is 2.29. The van der Waals surface area contributed by atoms with Gasteiger partial charge in [-0.05, 0) is 45.6 Å². The fourth-order valence-electron chi connectivity index (χ4n) is 2.56. The number of sulfone groups is 1. The van der Waals surface area contributed by atoms with E-state index in [1.54, 1.807) is 0 Å². The lowest BCUT2D eigenvalue weighted by atomic mass is 10.2. The summed E-state index contributed by atoms with van der Waals surface area (Å²) in [7, 11) is 0.860. The molecule has 0 saturated carbocycles. The van der Waals surface area contributed by atoms with E-state index < -0.39 is 15.7 Å². The highest BCUT2D eigenvalue weighted by Crippen LogP contribution is 2.12. The van der Waals surface area contributed by atoms with Crippen molar-refractivity contribution in [1.29, 1.82) is 0 Å². The third kappa shape index (κ3) is 6.09. The predicted octanol–water partition coefficient (Wildman–Crippen LogP) is -0.320. The van der Waals surface area contributed by atoms with Crippen LogP contribution in [0.5, 0.6) is 0 Å². The molecule has 25 heavy (non-hydrogen) atoms. The Morgan fingerprint density at radius 3 is 2.72 bits per heavy atom. The number of hydrogen-bond donors (Lipinski definition) is 2. The molecule has 1 fully saturated rings. The van der Waals surface area contributed by atoms with E-state index >= 15 is 0 Å². The molecule has 1 saturated heterocycles. The number of hydrogen-bond acceptors (Lipinski definition) is 6. The largest absolute Gasteiger partial charge is 0.351 e. The summed E-state index contributed by atoms with van der Waals surface area (Å²) in [5.41, 5.74) is 0.453. The quantitative estimate of drug-likeness (QED) is 0.639. The number of nitrogens with one attached hydrogen (secondary N) is 2. The maximum Gasteiger partial charge on any atom is 0.269 e. The zero-order valence-electron chi connectivity index (χ0n) is 14.5. The van der Waals surface area contributed by atoms with Crippen molar-refractivity contribution in [2.75, 3.05) is 38.7 Å². The van der Waals surface area contributed by atoms with Crippen LogP contribution in [0.2, 0.25) is 0 Å². The smallest absolute Gasteiger partial charge is 0.269 e. The van der Waals surface area contributed by atoms with Gasteiger partial charge < -0.3 is 15.5 Å². The number of aromatic nitrogens is 1. The van der Waals surface area contributed by atoms with Gasteiger partial charge in [-0.1, -0.05) is 0 Å². The van der Waals surface area contributed by atoms with E-state index in [-0.39, 0.29) is 34.7 Å². The Balaban J connectivity index is 1.91. The van der Waals surface area contributed by atoms with Crippen LogP contribution < -0.4 is 10.6 Å². The summed E-state index contributed by atoms with van der Waals surface area (Å²) in [5, 5.41) is 5.46. The van der Waals surface area contributed by atoms with Crippen LogP contribution in [0.15, 0.2) is 18.3 Å². The van der Waals surface area contributed by atoms with Crippen LogP contribution in [0, 0.1) is 0 Å². The van der Waals surface area contributed by atoms with Crippen molar-refractivity contribution in [3.05, 3.63) is 29.6 Å². The van der Waals surface area contributed by atoms with Crippen molar-refractivity contribution in [3.8, 4) is 0 Å². The molecule has 1 aliphatic heterocycles. The van der Waals surface area contributed by atoms with Crippen LogP contribution in [-0.2, 0) is 9.84 Å². The first kappa shape index (κ1) is 19.3. The van der Waals surface area contributed by atoms with Gasteiger partial charge in [-0.2, -0.15) is 0 Å². The van der Waals surface area contributed by atoms with Gasteiger partial charge in [0.15, 0.2) is 9.84 Å². The summed E-state index contributed by atoms with van der Waals surface area (Å²) in [6.07, 6.45) is 2.63. The fourth-order valence-corrected chi connectivity index (χ4v) is 4.23. The molecule has 138 valence electrons. The van der Waals surface area contributed by atoms with Crippen molar-refractivity contribution in [3.63, 3.8) is 0 Å². The van der Waals surface area contributed by atoms with Crippen LogP contribution in [0.25, 0.3) is 0 Å². The topological polar surface area (TPSA) is 108 Å². The average molecular weight is 368 g/mol. The summed E-state index contributed by atoms with van der Waals surface area (Å²) in [5.74, 6) is -0.680. The van der Waals surface area contributed by atoms with Gasteiger partial charge in [0.25, 0.3) is 11.8 Å². The molecule has 1 unspecified atom stereocenters. The highest BCUT2D eigenvalue weighted by atomic mass is 32.2. The van der Waals surface area contributed by atoms with E-state index in [0.29, 0.717) is 13.0 Å². The lowest BCUT2D eigenvalue weighted by molar-refractivity contribution is 0.0941. The van der Waals surface area contributed by atoms with Crippen LogP contribution in [0.3, 0.4) is 0 Å². The van der Waals surface area contributed by atoms with E-state index in [4.69, 9.17) is 0 Å². The van der Waals surface area contributed by atoms with Crippen molar-refractivity contribution in [1.82, 2.24) is 20.5 Å². The number of rotatable bonds is 7. The summed E-state index contributed by atoms with van der Waals surface area (Å²) in [4.78, 5) is 30.4. The number of amides is 2. The second-order valence-corrected chi connectivity index (χ2v) is 8.64. The zero-order chi connectivity index (χ0) is 18.4. The Morgan fingerprint density at radius 1 is 1.32 bits per heavy atom. The number of carbonyl (C=O) groups excluding carboxylic acids is 2. The van der Waals surface area contributed by atoms with Crippen LogP contribution in [-0.4, -0.2) is 74.8 Å². The number of nitrogens with zero attached hydrogens (tertiary/aromatic N) is 2. The normalized spacial score (nSPS) is 18.9. The first-order valence-corrected chi connectivity index (χ1v) is 9.99. The van der Waals surface area contributed by atoms with Gasteiger partial charge in [-0.15, -0.1) is 0 Å². The summed E-state index contributed by atoms with van der Waals surface area (Å²) in [6.45, 7) is 1.38. The Labute approximate surface area is 147 Å². The third-order valence-electron chi connectivity index (χ3n) is 3.89. The molecule has 0 radical (unpaired) electrons. The standard InChI is InChI=1S/C16H24N4O4S/c1-20(2)8-3-6-18-16(22)14-10-12(4-7-17-14)15(21)19-13-5-9-25(23,24)11-13/h4,7,10,13H,3,5-6,8-9,11H2,1-2H3,(H,18,22)(H,19,21). The molecule has 0 bridgehead atoms. The summed E-state index contributed by atoms with van der Waals surface area (Å²) < 4.78 is 22.9. The minimum Gasteiger partial charge on any atom is -0.351 e. The first-order valence-electron chi connectivity index (χ1n) is 8.17. The fraction of sp³-hybridized carbons (Fsp3) is 0.562. The van der Waals surface area contributed by atoms with Gasteiger partial charge in [-0.3, -0.25) is 14.6 Å². The molecule has 1 aromatic heterocycles. The average Bonchev–Trinajstić information content (AvgIpc) is 2.90. The monoisotopic (exact) mass is 368 g/mol. The number of carbonyl (C=O) groups is 2. The van der Waals surface area contributed by atoms with Gasteiger partial charge in [0.2, 0.25) is 0 Å². The molecular weight excluding hydrogens is 344 g/mol. The van der Waals surface area contributed by atoms with E-state index in [2.05, 4.69) is 15.6 Å². The van der Waals surface area contributed by atoms with Crippen LogP contribution >= 0.6 is 0 Å². The maximum atomic E-state index is 12.3. The van der Waals surface area contributed by atoms with Gasteiger partial charge in [0.05, 0.1) is 11.5 Å². The third-order valence-corrected chi connectivity index (χ3v) is 5.66. The minimum atomic E-state index is -3.06. The Hall–Kier alpha value is -2.00. The molecule has 2 rings (SSSR count). The van der Waals surface area contributed by atoms with Gasteiger partial charge in [0.1, 0.15) is 5.69 Å². The van der Waals surface area contributed by atoms with Crippen molar-refractivity contribution in [2.24, 2.45) is 0 Å². The van der Waals surface area contributed by atoms with E-state index in [1.165, 1.54) is 18.3 Å². The van der Waals surface area contributed by atoms with E-state index in [1.807, 2.05) is 19.0 Å². The molecule has 0 aromatic carbocycles. The molecule has 8 nitrogen and oxygen atoms in total. The lowest BCUT2D eigenvalue weighted by Gasteiger charge is -2.12. The van der Waals surface area contributed by atoms with E-state index in [0.717, 1.165) is 13.0 Å². The van der Waals surface area contributed by atoms with Gasteiger partial charge in [0, 0.05) is 24.3 Å². The predicted molar refractivity (Wildman–Crippen MR) is 94.3 cm³/mol. The maximum absolute atomic E-state index is 12.3. The second kappa shape index (κ2) is 8.39. The molecule has 9 heteroatoms. The zero-order valence-corrected chi connectivity index (χ0v) is 15.3. The minimum absolute atomic E-state index is 0.0386. The van der Waals surface area contributed by atoms with Gasteiger partial charge in [-0.25, -0.2) is 8.42 Å².